The fourth-order valence-electron chi connectivity index (χ4n) is 3.75. The van der Waals surface area contributed by atoms with Gasteiger partial charge in [-0.25, -0.2) is 4.39 Å². The molecule has 0 aromatic heterocycles. The van der Waals surface area contributed by atoms with E-state index in [0.29, 0.717) is 26.0 Å². The summed E-state index contributed by atoms with van der Waals surface area (Å²) in [4.78, 5) is 4.60. The normalized spacial score (nSPS) is 22.0. The maximum atomic E-state index is 13.3. The summed E-state index contributed by atoms with van der Waals surface area (Å²) >= 11 is 0. The molecule has 1 aromatic carbocycles. The Hall–Kier alpha value is -1.17. The van der Waals surface area contributed by atoms with Gasteiger partial charge in [0, 0.05) is 31.7 Å². The lowest BCUT2D eigenvalue weighted by atomic mass is 10.1. The van der Waals surface area contributed by atoms with Crippen molar-refractivity contribution >= 4 is 0 Å². The summed E-state index contributed by atoms with van der Waals surface area (Å²) in [6.07, 6.45) is 3.89. The number of rotatable bonds is 7. The summed E-state index contributed by atoms with van der Waals surface area (Å²) < 4.78 is 19.2. The van der Waals surface area contributed by atoms with E-state index in [0.717, 1.165) is 44.0 Å². The van der Waals surface area contributed by atoms with Gasteiger partial charge in [0.1, 0.15) is 24.6 Å². The summed E-state index contributed by atoms with van der Waals surface area (Å²) in [7, 11) is 0. The van der Waals surface area contributed by atoms with Crippen molar-refractivity contribution in [2.75, 3.05) is 39.3 Å². The van der Waals surface area contributed by atoms with Crippen molar-refractivity contribution in [1.82, 2.24) is 9.80 Å². The Kier molecular flexibility index (Phi) is 7.08. The first-order chi connectivity index (χ1) is 12.2. The third kappa shape index (κ3) is 5.94. The van der Waals surface area contributed by atoms with Crippen molar-refractivity contribution in [2.24, 2.45) is 0 Å². The number of ether oxygens (including phenoxy) is 1. The van der Waals surface area contributed by atoms with Crippen LogP contribution in [0, 0.1) is 0 Å². The Morgan fingerprint density at radius 1 is 1.04 bits per heavy atom. The van der Waals surface area contributed by atoms with Crippen LogP contribution in [0.4, 0.5) is 4.39 Å². The SMILES string of the molecule is O[C@@H](COc1ccccc1CN1CCC(F)CC1)CN1CCCCC1. The fourth-order valence-corrected chi connectivity index (χ4v) is 3.75. The number of alkyl halides is 1. The van der Waals surface area contributed by atoms with Crippen LogP contribution in [0.3, 0.4) is 0 Å². The average molecular weight is 350 g/mol. The van der Waals surface area contributed by atoms with Gasteiger partial charge in [0.2, 0.25) is 0 Å². The molecule has 0 bridgehead atoms. The number of aliphatic hydroxyl groups excluding tert-OH is 1. The minimum atomic E-state index is -0.646. The molecule has 3 rings (SSSR count). The van der Waals surface area contributed by atoms with Crippen molar-refractivity contribution in [3.63, 3.8) is 0 Å². The fraction of sp³-hybridized carbons (Fsp3) is 0.700. The van der Waals surface area contributed by atoms with Gasteiger partial charge in [-0.05, 0) is 44.8 Å². The van der Waals surface area contributed by atoms with Gasteiger partial charge < -0.3 is 14.7 Å². The van der Waals surface area contributed by atoms with Gasteiger partial charge in [0.25, 0.3) is 0 Å². The van der Waals surface area contributed by atoms with Crippen LogP contribution in [0.15, 0.2) is 24.3 Å². The molecule has 5 heteroatoms. The van der Waals surface area contributed by atoms with Crippen LogP contribution in [0.1, 0.15) is 37.7 Å². The Labute approximate surface area is 150 Å². The highest BCUT2D eigenvalue weighted by Crippen LogP contribution is 2.23. The lowest BCUT2D eigenvalue weighted by Gasteiger charge is -2.29. The molecule has 0 radical (unpaired) electrons. The van der Waals surface area contributed by atoms with E-state index in [1.807, 2.05) is 18.2 Å². The topological polar surface area (TPSA) is 35.9 Å². The number of β-amino-alcohol motifs (C(OH)–C–C–N with tert-alkyl or cyclic N) is 1. The molecule has 0 amide bonds. The molecule has 0 aliphatic carbocycles. The standard InChI is InChI=1S/C20H31FN2O2/c21-18-8-12-23(13-9-18)14-17-6-2-3-7-20(17)25-16-19(24)15-22-10-4-1-5-11-22/h2-3,6-7,18-19,24H,1,4-5,8-16H2/t19-/m1/s1. The van der Waals surface area contributed by atoms with E-state index in [9.17, 15) is 9.50 Å². The molecule has 0 spiro atoms. The molecule has 2 saturated heterocycles. The van der Waals surface area contributed by atoms with Crippen molar-refractivity contribution < 1.29 is 14.2 Å². The van der Waals surface area contributed by atoms with E-state index in [1.54, 1.807) is 0 Å². The molecule has 2 fully saturated rings. The predicted octanol–water partition coefficient (Wildman–Crippen LogP) is 2.85. The molecule has 25 heavy (non-hydrogen) atoms. The molecular weight excluding hydrogens is 319 g/mol. The highest BCUT2D eigenvalue weighted by atomic mass is 19.1. The molecule has 1 N–H and O–H groups in total. The summed E-state index contributed by atoms with van der Waals surface area (Å²) in [6, 6.07) is 8.00. The van der Waals surface area contributed by atoms with Crippen molar-refractivity contribution in [1.29, 1.82) is 0 Å². The molecule has 1 aromatic rings. The number of hydrogen-bond acceptors (Lipinski definition) is 4. The first-order valence-corrected chi connectivity index (χ1v) is 9.68. The van der Waals surface area contributed by atoms with E-state index in [2.05, 4.69) is 15.9 Å². The number of aliphatic hydroxyl groups is 1. The molecule has 0 unspecified atom stereocenters. The number of piperidine rings is 2. The zero-order valence-corrected chi connectivity index (χ0v) is 15.1. The molecule has 4 nitrogen and oxygen atoms in total. The smallest absolute Gasteiger partial charge is 0.123 e. The van der Waals surface area contributed by atoms with Crippen LogP contribution in [0.25, 0.3) is 0 Å². The number of nitrogens with zero attached hydrogens (tertiary/aromatic N) is 2. The van der Waals surface area contributed by atoms with Crippen LogP contribution in [0.2, 0.25) is 0 Å². The zero-order valence-electron chi connectivity index (χ0n) is 15.1. The molecule has 0 saturated carbocycles. The van der Waals surface area contributed by atoms with Crippen LogP contribution in [-0.2, 0) is 6.54 Å². The Balaban J connectivity index is 1.48. The average Bonchev–Trinajstić information content (AvgIpc) is 2.64. The van der Waals surface area contributed by atoms with E-state index in [4.69, 9.17) is 4.74 Å². The molecule has 2 heterocycles. The number of para-hydroxylation sites is 1. The second kappa shape index (κ2) is 9.51. The molecule has 140 valence electrons. The number of likely N-dealkylation sites (tertiary alicyclic amines) is 2. The maximum Gasteiger partial charge on any atom is 0.123 e. The van der Waals surface area contributed by atoms with Gasteiger partial charge in [-0.1, -0.05) is 24.6 Å². The molecule has 1 atom stereocenters. The highest BCUT2D eigenvalue weighted by Gasteiger charge is 2.20. The van der Waals surface area contributed by atoms with Crippen LogP contribution >= 0.6 is 0 Å². The summed E-state index contributed by atoms with van der Waals surface area (Å²) in [6.45, 7) is 5.55. The van der Waals surface area contributed by atoms with Gasteiger partial charge in [-0.3, -0.25) is 4.90 Å². The van der Waals surface area contributed by atoms with E-state index in [-0.39, 0.29) is 0 Å². The van der Waals surface area contributed by atoms with Gasteiger partial charge in [-0.15, -0.1) is 0 Å². The lowest BCUT2D eigenvalue weighted by molar-refractivity contribution is 0.0609. The Morgan fingerprint density at radius 2 is 1.76 bits per heavy atom. The highest BCUT2D eigenvalue weighted by molar-refractivity contribution is 5.33. The van der Waals surface area contributed by atoms with Crippen LogP contribution < -0.4 is 4.74 Å². The minimum Gasteiger partial charge on any atom is -0.491 e. The number of benzene rings is 1. The molecule has 2 aliphatic rings. The van der Waals surface area contributed by atoms with Crippen LogP contribution in [-0.4, -0.2) is 66.5 Å². The Bertz CT molecular complexity index is 514. The van der Waals surface area contributed by atoms with Gasteiger partial charge in [0.15, 0.2) is 0 Å². The van der Waals surface area contributed by atoms with Crippen molar-refractivity contribution in [3.05, 3.63) is 29.8 Å². The molecule has 2 aliphatic heterocycles. The van der Waals surface area contributed by atoms with Crippen LogP contribution in [0.5, 0.6) is 5.75 Å². The van der Waals surface area contributed by atoms with E-state index < -0.39 is 12.3 Å². The number of halogens is 1. The third-order valence-electron chi connectivity index (χ3n) is 5.23. The van der Waals surface area contributed by atoms with Gasteiger partial charge in [0.05, 0.1) is 0 Å². The van der Waals surface area contributed by atoms with Gasteiger partial charge in [-0.2, -0.15) is 0 Å². The summed E-state index contributed by atoms with van der Waals surface area (Å²) in [5.41, 5.74) is 1.12. The van der Waals surface area contributed by atoms with Crippen molar-refractivity contribution in [3.8, 4) is 5.75 Å². The Morgan fingerprint density at radius 3 is 2.52 bits per heavy atom. The number of hydrogen-bond donors (Lipinski definition) is 1. The second-order valence-electron chi connectivity index (χ2n) is 7.38. The first-order valence-electron chi connectivity index (χ1n) is 9.68. The monoisotopic (exact) mass is 350 g/mol. The predicted molar refractivity (Wildman–Crippen MR) is 97.6 cm³/mol. The lowest BCUT2D eigenvalue weighted by Crippen LogP contribution is -2.38. The largest absolute Gasteiger partial charge is 0.491 e. The zero-order chi connectivity index (χ0) is 17.5. The minimum absolute atomic E-state index is 0.320. The first kappa shape index (κ1) is 18.6. The van der Waals surface area contributed by atoms with E-state index in [1.165, 1.54) is 19.3 Å². The van der Waals surface area contributed by atoms with Crippen molar-refractivity contribution in [2.45, 2.75) is 50.9 Å². The summed E-state index contributed by atoms with van der Waals surface area (Å²) in [5.74, 6) is 0.836. The summed E-state index contributed by atoms with van der Waals surface area (Å²) in [5, 5.41) is 10.3. The second-order valence-corrected chi connectivity index (χ2v) is 7.38. The van der Waals surface area contributed by atoms with Gasteiger partial charge >= 0.3 is 0 Å². The third-order valence-corrected chi connectivity index (χ3v) is 5.23. The van der Waals surface area contributed by atoms with E-state index >= 15 is 0 Å². The quantitative estimate of drug-likeness (QED) is 0.820. The molecular formula is C20H31FN2O2. The maximum absolute atomic E-state index is 13.3.